The number of carboxylic acid groups (broad SMARTS) is 1. The summed E-state index contributed by atoms with van der Waals surface area (Å²) in [5.74, 6) is -0.820. The molecule has 0 aliphatic heterocycles. The first kappa shape index (κ1) is 14.8. The number of pyridine rings is 1. The number of benzene rings is 1. The minimum absolute atomic E-state index is 0.130. The molecule has 110 valence electrons. The second-order valence-electron chi connectivity index (χ2n) is 5.07. The Bertz CT molecular complexity index is 690. The highest BCUT2D eigenvalue weighted by atomic mass is 16.4. The Balaban J connectivity index is 2.43. The number of hydrogen-bond donors (Lipinski definition) is 2. The van der Waals surface area contributed by atoms with Gasteiger partial charge in [-0.05, 0) is 31.5 Å². The van der Waals surface area contributed by atoms with Gasteiger partial charge in [0.25, 0.3) is 0 Å². The molecular formula is C16H17NO4. The number of carbonyl (C=O) groups is 1. The topological polar surface area (TPSA) is 79.5 Å². The zero-order valence-electron chi connectivity index (χ0n) is 11.9. The van der Waals surface area contributed by atoms with E-state index in [2.05, 4.69) is 0 Å². The fourth-order valence-corrected chi connectivity index (χ4v) is 2.51. The van der Waals surface area contributed by atoms with Crippen molar-refractivity contribution in [2.45, 2.75) is 26.3 Å². The summed E-state index contributed by atoms with van der Waals surface area (Å²) in [7, 11) is 0. The minimum atomic E-state index is -0.960. The predicted octanol–water partition coefficient (Wildman–Crippen LogP) is 2.04. The third kappa shape index (κ3) is 3.31. The summed E-state index contributed by atoms with van der Waals surface area (Å²) < 4.78 is 1.65. The Kier molecular flexibility index (Phi) is 4.12. The van der Waals surface area contributed by atoms with E-state index in [1.807, 2.05) is 0 Å². The van der Waals surface area contributed by atoms with Gasteiger partial charge in [-0.1, -0.05) is 12.1 Å². The van der Waals surface area contributed by atoms with E-state index in [0.29, 0.717) is 11.4 Å². The van der Waals surface area contributed by atoms with E-state index < -0.39 is 12.0 Å². The molecule has 0 amide bonds. The van der Waals surface area contributed by atoms with E-state index >= 15 is 0 Å². The smallest absolute Gasteiger partial charge is 0.327 e. The fraction of sp³-hybridized carbons (Fsp3) is 0.250. The monoisotopic (exact) mass is 287 g/mol. The van der Waals surface area contributed by atoms with E-state index in [4.69, 9.17) is 0 Å². The molecule has 0 saturated carbocycles. The van der Waals surface area contributed by atoms with Crippen molar-refractivity contribution in [3.8, 4) is 5.75 Å². The predicted molar refractivity (Wildman–Crippen MR) is 78.7 cm³/mol. The number of aryl methyl sites for hydroxylation is 2. The Morgan fingerprint density at radius 3 is 2.14 bits per heavy atom. The number of nitrogens with zero attached hydrogens (tertiary/aromatic N) is 1. The molecule has 0 aliphatic rings. The number of phenols is 1. The Morgan fingerprint density at radius 1 is 1.14 bits per heavy atom. The number of rotatable bonds is 4. The lowest BCUT2D eigenvalue weighted by molar-refractivity contribution is -0.141. The third-order valence-corrected chi connectivity index (χ3v) is 3.42. The summed E-state index contributed by atoms with van der Waals surface area (Å²) in [6.07, 6.45) is 0.278. The Labute approximate surface area is 122 Å². The molecule has 1 heterocycles. The van der Waals surface area contributed by atoms with Crippen LogP contribution < -0.4 is 5.43 Å². The van der Waals surface area contributed by atoms with Crippen LogP contribution in [0.5, 0.6) is 5.75 Å². The van der Waals surface area contributed by atoms with Crippen LogP contribution in [-0.4, -0.2) is 20.7 Å². The third-order valence-electron chi connectivity index (χ3n) is 3.42. The Morgan fingerprint density at radius 2 is 1.67 bits per heavy atom. The van der Waals surface area contributed by atoms with Crippen molar-refractivity contribution >= 4 is 5.97 Å². The van der Waals surface area contributed by atoms with Crippen molar-refractivity contribution in [2.24, 2.45) is 0 Å². The average Bonchev–Trinajstić information content (AvgIpc) is 2.38. The highest BCUT2D eigenvalue weighted by Gasteiger charge is 2.22. The molecule has 1 atom stereocenters. The van der Waals surface area contributed by atoms with Crippen molar-refractivity contribution in [1.82, 2.24) is 4.57 Å². The Hall–Kier alpha value is -2.56. The maximum atomic E-state index is 11.6. The van der Waals surface area contributed by atoms with Crippen LogP contribution in [0, 0.1) is 13.8 Å². The standard InChI is InChI=1S/C16H17NO4/c1-10-7-14(19)8-11(2)17(10)15(16(20)21)9-12-3-5-13(18)6-4-12/h3-8,15,18H,9H2,1-2H3,(H,20,21). The van der Waals surface area contributed by atoms with Gasteiger partial charge in [-0.25, -0.2) is 4.79 Å². The van der Waals surface area contributed by atoms with E-state index in [1.165, 1.54) is 24.3 Å². The van der Waals surface area contributed by atoms with Crippen molar-refractivity contribution in [1.29, 1.82) is 0 Å². The largest absolute Gasteiger partial charge is 0.508 e. The number of phenolic OH excluding ortho intramolecular Hbond substituents is 1. The normalized spacial score (nSPS) is 12.1. The van der Waals surface area contributed by atoms with E-state index in [0.717, 1.165) is 5.56 Å². The van der Waals surface area contributed by atoms with Crippen molar-refractivity contribution in [2.75, 3.05) is 0 Å². The molecule has 5 nitrogen and oxygen atoms in total. The van der Waals surface area contributed by atoms with Gasteiger partial charge >= 0.3 is 5.97 Å². The minimum Gasteiger partial charge on any atom is -0.508 e. The molecule has 1 aromatic heterocycles. The number of aromatic hydroxyl groups is 1. The molecule has 1 aromatic carbocycles. The van der Waals surface area contributed by atoms with Crippen LogP contribution >= 0.6 is 0 Å². The van der Waals surface area contributed by atoms with Gasteiger partial charge in [0.15, 0.2) is 5.43 Å². The first-order valence-corrected chi connectivity index (χ1v) is 6.59. The van der Waals surface area contributed by atoms with Gasteiger partial charge in [-0.15, -0.1) is 0 Å². The molecular weight excluding hydrogens is 270 g/mol. The summed E-state index contributed by atoms with van der Waals surface area (Å²) >= 11 is 0. The van der Waals surface area contributed by atoms with Crippen LogP contribution in [0.2, 0.25) is 0 Å². The summed E-state index contributed by atoms with van der Waals surface area (Å²) in [6.45, 7) is 3.45. The highest BCUT2D eigenvalue weighted by molar-refractivity contribution is 5.72. The quantitative estimate of drug-likeness (QED) is 0.902. The molecule has 0 aliphatic carbocycles. The number of carboxylic acids is 1. The lowest BCUT2D eigenvalue weighted by atomic mass is 10.0. The van der Waals surface area contributed by atoms with E-state index in [-0.39, 0.29) is 17.6 Å². The van der Waals surface area contributed by atoms with Gasteiger partial charge in [-0.2, -0.15) is 0 Å². The molecule has 0 radical (unpaired) electrons. The maximum Gasteiger partial charge on any atom is 0.327 e. The molecule has 2 N–H and O–H groups in total. The van der Waals surface area contributed by atoms with Crippen LogP contribution in [0.1, 0.15) is 23.0 Å². The van der Waals surface area contributed by atoms with Crippen LogP contribution in [-0.2, 0) is 11.2 Å². The zero-order chi connectivity index (χ0) is 15.6. The molecule has 0 fully saturated rings. The molecule has 0 bridgehead atoms. The number of aromatic nitrogens is 1. The number of aliphatic carboxylic acids is 1. The van der Waals surface area contributed by atoms with Gasteiger partial charge in [-0.3, -0.25) is 4.79 Å². The molecule has 1 unspecified atom stereocenters. The average molecular weight is 287 g/mol. The lowest BCUT2D eigenvalue weighted by Gasteiger charge is -2.22. The van der Waals surface area contributed by atoms with E-state index in [9.17, 15) is 19.8 Å². The zero-order valence-corrected chi connectivity index (χ0v) is 11.9. The molecule has 21 heavy (non-hydrogen) atoms. The fourth-order valence-electron chi connectivity index (χ4n) is 2.51. The second kappa shape index (κ2) is 5.83. The van der Waals surface area contributed by atoms with Crippen molar-refractivity contribution < 1.29 is 15.0 Å². The van der Waals surface area contributed by atoms with Crippen LogP contribution in [0.15, 0.2) is 41.2 Å². The number of hydrogen-bond acceptors (Lipinski definition) is 3. The van der Waals surface area contributed by atoms with E-state index in [1.54, 1.807) is 30.5 Å². The molecule has 2 rings (SSSR count). The summed E-state index contributed by atoms with van der Waals surface area (Å²) in [5, 5.41) is 18.8. The molecule has 0 spiro atoms. The summed E-state index contributed by atoms with van der Waals surface area (Å²) in [5.41, 5.74) is 1.91. The van der Waals surface area contributed by atoms with Crippen LogP contribution in [0.25, 0.3) is 0 Å². The van der Waals surface area contributed by atoms with Gasteiger partial charge in [0, 0.05) is 29.9 Å². The lowest BCUT2D eigenvalue weighted by Crippen LogP contribution is -2.26. The summed E-state index contributed by atoms with van der Waals surface area (Å²) in [6, 6.07) is 8.50. The first-order chi connectivity index (χ1) is 9.88. The van der Waals surface area contributed by atoms with Crippen molar-refractivity contribution in [3.05, 3.63) is 63.6 Å². The van der Waals surface area contributed by atoms with Crippen molar-refractivity contribution in [3.63, 3.8) is 0 Å². The van der Waals surface area contributed by atoms with Gasteiger partial charge in [0.05, 0.1) is 0 Å². The van der Waals surface area contributed by atoms with Gasteiger partial charge < -0.3 is 14.8 Å². The molecule has 0 saturated heterocycles. The van der Waals surface area contributed by atoms with Crippen LogP contribution in [0.3, 0.4) is 0 Å². The van der Waals surface area contributed by atoms with Gasteiger partial charge in [0.1, 0.15) is 11.8 Å². The van der Waals surface area contributed by atoms with Gasteiger partial charge in [0.2, 0.25) is 0 Å². The summed E-state index contributed by atoms with van der Waals surface area (Å²) in [4.78, 5) is 23.1. The highest BCUT2D eigenvalue weighted by Crippen LogP contribution is 2.20. The SMILES string of the molecule is Cc1cc(=O)cc(C)n1C(Cc1ccc(O)cc1)C(=O)O. The maximum absolute atomic E-state index is 11.6. The molecule has 2 aromatic rings. The first-order valence-electron chi connectivity index (χ1n) is 6.59. The van der Waals surface area contributed by atoms with Crippen LogP contribution in [0.4, 0.5) is 0 Å². The second-order valence-corrected chi connectivity index (χ2v) is 5.07. The molecule has 5 heteroatoms.